The van der Waals surface area contributed by atoms with Crippen LogP contribution in [0, 0.1) is 13.8 Å². The zero-order chi connectivity index (χ0) is 14.9. The van der Waals surface area contributed by atoms with Gasteiger partial charge in [0.25, 0.3) is 0 Å². The molecule has 0 aromatic heterocycles. The van der Waals surface area contributed by atoms with E-state index in [1.54, 1.807) is 44.2 Å². The lowest BCUT2D eigenvalue weighted by Gasteiger charge is -2.11. The zero-order valence-electron chi connectivity index (χ0n) is 11.2. The molecule has 2 aromatic carbocycles. The lowest BCUT2D eigenvalue weighted by Crippen LogP contribution is -2.04. The molecular weight excluding hydrogens is 256 g/mol. The average molecular weight is 270 g/mol. The first-order chi connectivity index (χ1) is 9.41. The maximum atomic E-state index is 11.4. The van der Waals surface area contributed by atoms with Crippen LogP contribution in [-0.4, -0.2) is 22.2 Å². The van der Waals surface area contributed by atoms with Crippen LogP contribution in [0.25, 0.3) is 11.1 Å². The van der Waals surface area contributed by atoms with E-state index in [9.17, 15) is 14.7 Å². The number of rotatable bonds is 3. The van der Waals surface area contributed by atoms with Gasteiger partial charge in [0.2, 0.25) is 0 Å². The predicted molar refractivity (Wildman–Crippen MR) is 75.3 cm³/mol. The van der Waals surface area contributed by atoms with Gasteiger partial charge >= 0.3 is 11.9 Å². The van der Waals surface area contributed by atoms with Crippen LogP contribution >= 0.6 is 0 Å². The smallest absolute Gasteiger partial charge is 0.336 e. The standard InChI is InChI=1S/C16H14O4/c1-9-6-7-11(8-13(9)15(17)18)12-5-3-4-10(2)14(12)16(19)20/h3-8H,1-2H3,(H,17,18)(H,19,20). The quantitative estimate of drug-likeness (QED) is 0.896. The maximum absolute atomic E-state index is 11.4. The molecule has 4 heteroatoms. The summed E-state index contributed by atoms with van der Waals surface area (Å²) in [5.74, 6) is -2.04. The lowest BCUT2D eigenvalue weighted by atomic mass is 9.93. The number of carbonyl (C=O) groups is 2. The van der Waals surface area contributed by atoms with Gasteiger partial charge in [0.1, 0.15) is 0 Å². The number of carboxylic acids is 2. The second-order valence-corrected chi connectivity index (χ2v) is 4.64. The molecule has 0 saturated carbocycles. The van der Waals surface area contributed by atoms with Crippen LogP contribution < -0.4 is 0 Å². The molecule has 0 amide bonds. The van der Waals surface area contributed by atoms with Gasteiger partial charge < -0.3 is 10.2 Å². The second kappa shape index (κ2) is 5.17. The van der Waals surface area contributed by atoms with Crippen molar-refractivity contribution in [1.29, 1.82) is 0 Å². The molecule has 0 aliphatic heterocycles. The summed E-state index contributed by atoms with van der Waals surface area (Å²) in [6.45, 7) is 3.43. The van der Waals surface area contributed by atoms with Crippen molar-refractivity contribution in [2.75, 3.05) is 0 Å². The Balaban J connectivity index is 2.69. The molecule has 0 heterocycles. The summed E-state index contributed by atoms with van der Waals surface area (Å²) in [5.41, 5.74) is 2.79. The molecule has 0 radical (unpaired) electrons. The highest BCUT2D eigenvalue weighted by atomic mass is 16.4. The number of carboxylic acid groups (broad SMARTS) is 2. The fourth-order valence-electron chi connectivity index (χ4n) is 2.21. The molecule has 2 rings (SSSR count). The van der Waals surface area contributed by atoms with E-state index in [2.05, 4.69) is 0 Å². The van der Waals surface area contributed by atoms with Crippen LogP contribution in [0.5, 0.6) is 0 Å². The third-order valence-corrected chi connectivity index (χ3v) is 3.27. The van der Waals surface area contributed by atoms with E-state index in [-0.39, 0.29) is 11.1 Å². The van der Waals surface area contributed by atoms with Crippen molar-refractivity contribution < 1.29 is 19.8 Å². The highest BCUT2D eigenvalue weighted by Crippen LogP contribution is 2.28. The van der Waals surface area contributed by atoms with E-state index in [0.717, 1.165) is 0 Å². The van der Waals surface area contributed by atoms with Gasteiger partial charge in [-0.05, 0) is 42.2 Å². The molecule has 0 saturated heterocycles. The van der Waals surface area contributed by atoms with Gasteiger partial charge in [-0.3, -0.25) is 0 Å². The summed E-state index contributed by atoms with van der Waals surface area (Å²) in [5, 5.41) is 18.5. The van der Waals surface area contributed by atoms with Crippen molar-refractivity contribution in [3.63, 3.8) is 0 Å². The normalized spacial score (nSPS) is 10.3. The summed E-state index contributed by atoms with van der Waals surface area (Å²) >= 11 is 0. The first-order valence-electron chi connectivity index (χ1n) is 6.09. The van der Waals surface area contributed by atoms with Gasteiger partial charge in [0, 0.05) is 0 Å². The average Bonchev–Trinajstić information content (AvgIpc) is 2.38. The fourth-order valence-corrected chi connectivity index (χ4v) is 2.21. The van der Waals surface area contributed by atoms with Gasteiger partial charge in [-0.2, -0.15) is 0 Å². The first-order valence-corrected chi connectivity index (χ1v) is 6.09. The molecular formula is C16H14O4. The van der Waals surface area contributed by atoms with Crippen LogP contribution in [0.4, 0.5) is 0 Å². The Morgan fingerprint density at radius 1 is 0.900 bits per heavy atom. The van der Waals surface area contributed by atoms with Crippen LogP contribution in [0.3, 0.4) is 0 Å². The van der Waals surface area contributed by atoms with Crippen molar-refractivity contribution in [2.24, 2.45) is 0 Å². The van der Waals surface area contributed by atoms with E-state index in [1.165, 1.54) is 6.07 Å². The van der Waals surface area contributed by atoms with E-state index < -0.39 is 11.9 Å². The molecule has 2 aromatic rings. The molecule has 20 heavy (non-hydrogen) atoms. The molecule has 0 aliphatic carbocycles. The van der Waals surface area contributed by atoms with Crippen LogP contribution in [0.1, 0.15) is 31.8 Å². The van der Waals surface area contributed by atoms with E-state index in [0.29, 0.717) is 22.3 Å². The molecule has 102 valence electrons. The summed E-state index contributed by atoms with van der Waals surface area (Å²) in [7, 11) is 0. The van der Waals surface area contributed by atoms with Crippen molar-refractivity contribution >= 4 is 11.9 Å². The Hall–Kier alpha value is -2.62. The number of hydrogen-bond donors (Lipinski definition) is 2. The summed E-state index contributed by atoms with van der Waals surface area (Å²) in [4.78, 5) is 22.6. The number of aryl methyl sites for hydroxylation is 2. The van der Waals surface area contributed by atoms with Crippen molar-refractivity contribution in [3.05, 3.63) is 58.7 Å². The van der Waals surface area contributed by atoms with Crippen molar-refractivity contribution in [2.45, 2.75) is 13.8 Å². The number of aromatic carboxylic acids is 2. The molecule has 0 fully saturated rings. The van der Waals surface area contributed by atoms with Crippen LogP contribution in [0.2, 0.25) is 0 Å². The van der Waals surface area contributed by atoms with Crippen molar-refractivity contribution in [3.8, 4) is 11.1 Å². The fraction of sp³-hybridized carbons (Fsp3) is 0.125. The Labute approximate surface area is 116 Å². The van der Waals surface area contributed by atoms with E-state index >= 15 is 0 Å². The summed E-state index contributed by atoms with van der Waals surface area (Å²) < 4.78 is 0. The topological polar surface area (TPSA) is 74.6 Å². The zero-order valence-corrected chi connectivity index (χ0v) is 11.2. The Morgan fingerprint density at radius 3 is 2.20 bits per heavy atom. The van der Waals surface area contributed by atoms with Gasteiger partial charge in [0.05, 0.1) is 11.1 Å². The Bertz CT molecular complexity index is 702. The minimum atomic E-state index is -1.02. The minimum Gasteiger partial charge on any atom is -0.478 e. The second-order valence-electron chi connectivity index (χ2n) is 4.64. The number of hydrogen-bond acceptors (Lipinski definition) is 2. The van der Waals surface area contributed by atoms with Gasteiger partial charge in [0.15, 0.2) is 0 Å². The van der Waals surface area contributed by atoms with Gasteiger partial charge in [-0.15, -0.1) is 0 Å². The molecule has 0 unspecified atom stereocenters. The Kier molecular flexibility index (Phi) is 3.57. The number of benzene rings is 2. The summed E-state index contributed by atoms with van der Waals surface area (Å²) in [6, 6.07) is 10.1. The summed E-state index contributed by atoms with van der Waals surface area (Å²) in [6.07, 6.45) is 0. The highest BCUT2D eigenvalue weighted by molar-refractivity contribution is 5.98. The van der Waals surface area contributed by atoms with Crippen molar-refractivity contribution in [1.82, 2.24) is 0 Å². The van der Waals surface area contributed by atoms with Crippen LogP contribution in [-0.2, 0) is 0 Å². The Morgan fingerprint density at radius 2 is 1.60 bits per heavy atom. The minimum absolute atomic E-state index is 0.181. The monoisotopic (exact) mass is 270 g/mol. The maximum Gasteiger partial charge on any atom is 0.336 e. The predicted octanol–water partition coefficient (Wildman–Crippen LogP) is 3.37. The molecule has 4 nitrogen and oxygen atoms in total. The highest BCUT2D eigenvalue weighted by Gasteiger charge is 2.16. The SMILES string of the molecule is Cc1ccc(-c2cccc(C)c2C(=O)O)cc1C(=O)O. The molecule has 2 N–H and O–H groups in total. The largest absolute Gasteiger partial charge is 0.478 e. The van der Waals surface area contributed by atoms with E-state index in [1.807, 2.05) is 0 Å². The first kappa shape index (κ1) is 13.8. The lowest BCUT2D eigenvalue weighted by molar-refractivity contribution is 0.0686. The molecule has 0 aliphatic rings. The van der Waals surface area contributed by atoms with Gasteiger partial charge in [-0.25, -0.2) is 9.59 Å². The third kappa shape index (κ3) is 2.40. The molecule has 0 bridgehead atoms. The molecule has 0 spiro atoms. The van der Waals surface area contributed by atoms with Gasteiger partial charge in [-0.1, -0.05) is 30.3 Å². The third-order valence-electron chi connectivity index (χ3n) is 3.27. The van der Waals surface area contributed by atoms with Crippen LogP contribution in [0.15, 0.2) is 36.4 Å². The molecule has 0 atom stereocenters. The van der Waals surface area contributed by atoms with E-state index in [4.69, 9.17) is 5.11 Å².